The Labute approximate surface area is 176 Å². The molecule has 5 rings (SSSR count). The van der Waals surface area contributed by atoms with Crippen LogP contribution in [0.25, 0.3) is 10.2 Å². The minimum atomic E-state index is -0.0594. The number of carbonyl (C=O) groups is 1. The Balaban J connectivity index is 1.55. The molecule has 1 saturated heterocycles. The molecule has 0 spiro atoms. The first-order valence-corrected chi connectivity index (χ1v) is 12.0. The molecule has 6 nitrogen and oxygen atoms in total. The third-order valence-corrected chi connectivity index (χ3v) is 7.62. The normalized spacial score (nSPS) is 22.7. The summed E-state index contributed by atoms with van der Waals surface area (Å²) < 4.78 is 5.32. The lowest BCUT2D eigenvalue weighted by molar-refractivity contribution is -0.148. The number of thiophene rings is 1. The Hall–Kier alpha value is -1.73. The van der Waals surface area contributed by atoms with E-state index in [1.807, 2.05) is 18.3 Å². The Kier molecular flexibility index (Phi) is 5.20. The number of anilines is 1. The maximum atomic E-state index is 12.4. The zero-order chi connectivity index (χ0) is 20.0. The topological polar surface area (TPSA) is 58.6 Å². The van der Waals surface area contributed by atoms with Crippen molar-refractivity contribution in [3.63, 3.8) is 0 Å². The molecule has 0 N–H and O–H groups in total. The molecule has 29 heavy (non-hydrogen) atoms. The average Bonchev–Trinajstić information content (AvgIpc) is 3.53. The van der Waals surface area contributed by atoms with Crippen molar-refractivity contribution in [1.29, 1.82) is 0 Å². The SMILES string of the molecule is CCOC(=O)C1CCCN(c2nc(C3CC3)nc3sc4c(c23)CCN(CC)C4)C1. The van der Waals surface area contributed by atoms with Crippen molar-refractivity contribution in [2.75, 3.05) is 37.7 Å². The van der Waals surface area contributed by atoms with Gasteiger partial charge in [-0.05, 0) is 51.1 Å². The highest BCUT2D eigenvalue weighted by molar-refractivity contribution is 7.19. The van der Waals surface area contributed by atoms with Crippen LogP contribution >= 0.6 is 11.3 Å². The lowest BCUT2D eigenvalue weighted by Gasteiger charge is -2.33. The van der Waals surface area contributed by atoms with Gasteiger partial charge in [-0.15, -0.1) is 11.3 Å². The summed E-state index contributed by atoms with van der Waals surface area (Å²) in [4.78, 5) is 30.0. The quantitative estimate of drug-likeness (QED) is 0.695. The van der Waals surface area contributed by atoms with Crippen molar-refractivity contribution in [2.45, 2.75) is 58.4 Å². The number of rotatable bonds is 5. The molecule has 2 fully saturated rings. The van der Waals surface area contributed by atoms with Gasteiger partial charge in [-0.2, -0.15) is 0 Å². The van der Waals surface area contributed by atoms with Gasteiger partial charge < -0.3 is 9.64 Å². The number of aromatic nitrogens is 2. The van der Waals surface area contributed by atoms with Gasteiger partial charge in [-0.3, -0.25) is 9.69 Å². The van der Waals surface area contributed by atoms with Gasteiger partial charge >= 0.3 is 5.97 Å². The highest BCUT2D eigenvalue weighted by atomic mass is 32.1. The first kappa shape index (κ1) is 19.2. The molecule has 156 valence electrons. The highest BCUT2D eigenvalue weighted by Gasteiger charge is 2.34. The number of hydrogen-bond acceptors (Lipinski definition) is 7. The summed E-state index contributed by atoms with van der Waals surface area (Å²) in [7, 11) is 0. The summed E-state index contributed by atoms with van der Waals surface area (Å²) in [5.74, 6) is 2.50. The number of ether oxygens (including phenoxy) is 1. The molecule has 0 aromatic carbocycles. The monoisotopic (exact) mass is 414 g/mol. The third-order valence-electron chi connectivity index (χ3n) is 6.51. The molecule has 1 atom stereocenters. The summed E-state index contributed by atoms with van der Waals surface area (Å²) in [5, 5.41) is 1.26. The van der Waals surface area contributed by atoms with Crippen LogP contribution in [-0.4, -0.2) is 53.6 Å². The highest BCUT2D eigenvalue weighted by Crippen LogP contribution is 2.44. The van der Waals surface area contributed by atoms with Crippen molar-refractivity contribution >= 4 is 33.3 Å². The molecule has 3 aliphatic rings. The maximum absolute atomic E-state index is 12.4. The second-order valence-electron chi connectivity index (χ2n) is 8.52. The van der Waals surface area contributed by atoms with Crippen molar-refractivity contribution in [3.05, 3.63) is 16.3 Å². The third kappa shape index (κ3) is 3.63. The second-order valence-corrected chi connectivity index (χ2v) is 9.60. The number of fused-ring (bicyclic) bond motifs is 3. The molecule has 2 aromatic heterocycles. The lowest BCUT2D eigenvalue weighted by Crippen LogP contribution is -2.40. The molecular formula is C22H30N4O2S. The van der Waals surface area contributed by atoms with Gasteiger partial charge in [0.25, 0.3) is 0 Å². The number of likely N-dealkylation sites (N-methyl/N-ethyl adjacent to an activating group) is 1. The zero-order valence-corrected chi connectivity index (χ0v) is 18.3. The van der Waals surface area contributed by atoms with Crippen LogP contribution in [-0.2, 0) is 22.5 Å². The van der Waals surface area contributed by atoms with Crippen LogP contribution in [0.1, 0.15) is 61.7 Å². The fourth-order valence-electron chi connectivity index (χ4n) is 4.69. The summed E-state index contributed by atoms with van der Waals surface area (Å²) >= 11 is 1.86. The van der Waals surface area contributed by atoms with Crippen molar-refractivity contribution in [3.8, 4) is 0 Å². The van der Waals surface area contributed by atoms with Gasteiger partial charge in [-0.25, -0.2) is 9.97 Å². The van der Waals surface area contributed by atoms with E-state index < -0.39 is 0 Å². The van der Waals surface area contributed by atoms with Crippen LogP contribution in [0.5, 0.6) is 0 Å². The predicted molar refractivity (Wildman–Crippen MR) is 116 cm³/mol. The molecule has 4 heterocycles. The number of piperidine rings is 1. The van der Waals surface area contributed by atoms with Gasteiger partial charge in [-0.1, -0.05) is 6.92 Å². The predicted octanol–water partition coefficient (Wildman–Crippen LogP) is 3.73. The molecule has 0 bridgehead atoms. The number of esters is 1. The van der Waals surface area contributed by atoms with E-state index in [9.17, 15) is 4.79 Å². The van der Waals surface area contributed by atoms with Gasteiger partial charge in [0.15, 0.2) is 0 Å². The summed E-state index contributed by atoms with van der Waals surface area (Å²) in [5.41, 5.74) is 1.45. The van der Waals surface area contributed by atoms with Crippen LogP contribution in [0.3, 0.4) is 0 Å². The van der Waals surface area contributed by atoms with Gasteiger partial charge in [0.2, 0.25) is 0 Å². The minimum absolute atomic E-state index is 0.0527. The van der Waals surface area contributed by atoms with Crippen LogP contribution < -0.4 is 4.90 Å². The summed E-state index contributed by atoms with van der Waals surface area (Å²) in [6, 6.07) is 0. The maximum Gasteiger partial charge on any atom is 0.310 e. The van der Waals surface area contributed by atoms with Crippen LogP contribution in [0.2, 0.25) is 0 Å². The Morgan fingerprint density at radius 3 is 2.83 bits per heavy atom. The van der Waals surface area contributed by atoms with Crippen LogP contribution in [0, 0.1) is 5.92 Å². The Morgan fingerprint density at radius 2 is 2.07 bits per heavy atom. The standard InChI is InChI=1S/C22H30N4O2S/c1-3-25-11-9-16-17(13-25)29-21-18(16)20(23-19(24-21)14-7-8-14)26-10-5-6-15(12-26)22(27)28-4-2/h14-15H,3-13H2,1-2H3. The second kappa shape index (κ2) is 7.84. The zero-order valence-electron chi connectivity index (χ0n) is 17.4. The van der Waals surface area contributed by atoms with E-state index in [0.717, 1.165) is 61.9 Å². The van der Waals surface area contributed by atoms with Crippen LogP contribution in [0.15, 0.2) is 0 Å². The van der Waals surface area contributed by atoms with Crippen LogP contribution in [0.4, 0.5) is 5.82 Å². The largest absolute Gasteiger partial charge is 0.466 e. The smallest absolute Gasteiger partial charge is 0.310 e. The molecule has 2 aliphatic heterocycles. The molecule has 0 amide bonds. The first-order chi connectivity index (χ1) is 14.2. The van der Waals surface area contributed by atoms with Gasteiger partial charge in [0.05, 0.1) is 17.9 Å². The van der Waals surface area contributed by atoms with E-state index in [-0.39, 0.29) is 11.9 Å². The van der Waals surface area contributed by atoms with Gasteiger partial charge in [0.1, 0.15) is 16.5 Å². The van der Waals surface area contributed by atoms with E-state index in [1.54, 1.807) is 0 Å². The van der Waals surface area contributed by atoms with E-state index in [2.05, 4.69) is 16.7 Å². The molecule has 1 saturated carbocycles. The van der Waals surface area contributed by atoms with Crippen molar-refractivity contribution in [2.24, 2.45) is 5.92 Å². The van der Waals surface area contributed by atoms with Crippen molar-refractivity contribution < 1.29 is 9.53 Å². The molecule has 1 unspecified atom stereocenters. The van der Waals surface area contributed by atoms with Crippen molar-refractivity contribution in [1.82, 2.24) is 14.9 Å². The van der Waals surface area contributed by atoms with E-state index in [0.29, 0.717) is 19.1 Å². The number of hydrogen-bond donors (Lipinski definition) is 0. The average molecular weight is 415 g/mol. The molecule has 7 heteroatoms. The van der Waals surface area contributed by atoms with Gasteiger partial charge in [0, 0.05) is 37.0 Å². The molecule has 2 aromatic rings. The number of carbonyl (C=O) groups excluding carboxylic acids is 1. The Bertz CT molecular complexity index is 923. The lowest BCUT2D eigenvalue weighted by atomic mass is 9.97. The molecule has 1 aliphatic carbocycles. The fraction of sp³-hybridized carbons (Fsp3) is 0.682. The summed E-state index contributed by atoms with van der Waals surface area (Å²) in [6.45, 7) is 9.45. The Morgan fingerprint density at radius 1 is 1.21 bits per heavy atom. The summed E-state index contributed by atoms with van der Waals surface area (Å²) in [6.07, 6.45) is 5.38. The molecular weight excluding hydrogens is 384 g/mol. The first-order valence-electron chi connectivity index (χ1n) is 11.1. The van der Waals surface area contributed by atoms with E-state index >= 15 is 0 Å². The fourth-order valence-corrected chi connectivity index (χ4v) is 5.95. The van der Waals surface area contributed by atoms with E-state index in [1.165, 1.54) is 28.7 Å². The molecule has 0 radical (unpaired) electrons. The number of nitrogens with zero attached hydrogens (tertiary/aromatic N) is 4. The minimum Gasteiger partial charge on any atom is -0.466 e. The van der Waals surface area contributed by atoms with E-state index in [4.69, 9.17) is 14.7 Å².